The average Bonchev–Trinajstić information content (AvgIpc) is 3.20. The first-order valence-electron chi connectivity index (χ1n) is 16.4. The smallest absolute Gasteiger partial charge is 0.0715 e. The molecule has 0 radical (unpaired) electrons. The Morgan fingerprint density at radius 2 is 0.480 bits per heavy atom. The summed E-state index contributed by atoms with van der Waals surface area (Å²) in [5.74, 6) is 0. The molecule has 0 aliphatic rings. The molecule has 8 rings (SSSR count). The minimum absolute atomic E-state index is 0.986. The second-order valence-corrected chi connectivity index (χ2v) is 13.6. The summed E-state index contributed by atoms with van der Waals surface area (Å²) in [5.41, 5.74) is 13.1. The highest BCUT2D eigenvalue weighted by Crippen LogP contribution is 2.32. The molecule has 0 fully saturated rings. The largest absolute Gasteiger partial charge is 0.248 e. The van der Waals surface area contributed by atoms with E-state index in [1.165, 1.54) is 22.3 Å². The molecule has 0 bridgehead atoms. The molecule has 0 N–H and O–H groups in total. The first-order valence-corrected chi connectivity index (χ1v) is 18.0. The van der Waals surface area contributed by atoms with Crippen LogP contribution in [0.15, 0.2) is 203 Å². The van der Waals surface area contributed by atoms with Gasteiger partial charge in [-0.3, -0.25) is 0 Å². The van der Waals surface area contributed by atoms with Crippen molar-refractivity contribution in [2.24, 2.45) is 0 Å². The second kappa shape index (κ2) is 15.9. The van der Waals surface area contributed by atoms with Gasteiger partial charge in [0.05, 0.1) is 22.8 Å². The summed E-state index contributed by atoms with van der Waals surface area (Å²) in [6.45, 7) is 0. The summed E-state index contributed by atoms with van der Waals surface area (Å²) < 4.78 is 2.16. The van der Waals surface area contributed by atoms with Crippen molar-refractivity contribution >= 4 is 31.9 Å². The lowest BCUT2D eigenvalue weighted by Gasteiger charge is -2.10. The highest BCUT2D eigenvalue weighted by Gasteiger charge is 2.10. The van der Waals surface area contributed by atoms with Gasteiger partial charge in [0, 0.05) is 31.2 Å². The van der Waals surface area contributed by atoms with Crippen molar-refractivity contribution in [1.29, 1.82) is 0 Å². The standard InChI is InChI=1S/2C23H16BrN/c2*24-21-13-11-17(12-14-21)20-15-22(18-7-3-1-4-8-18)25-23(16-20)19-9-5-2-6-10-19/h2*1-16H. The molecule has 0 saturated carbocycles. The minimum atomic E-state index is 0.986. The first kappa shape index (κ1) is 33.1. The van der Waals surface area contributed by atoms with Crippen molar-refractivity contribution in [3.8, 4) is 67.3 Å². The van der Waals surface area contributed by atoms with Gasteiger partial charge in [-0.15, -0.1) is 0 Å². The van der Waals surface area contributed by atoms with Crippen LogP contribution in [0.25, 0.3) is 67.3 Å². The van der Waals surface area contributed by atoms with Crippen LogP contribution in [0.1, 0.15) is 0 Å². The fourth-order valence-corrected chi connectivity index (χ4v) is 6.24. The summed E-state index contributed by atoms with van der Waals surface area (Å²) in [4.78, 5) is 9.82. The van der Waals surface area contributed by atoms with Gasteiger partial charge in [-0.05, 0) is 70.8 Å². The molecule has 240 valence electrons. The summed E-state index contributed by atoms with van der Waals surface area (Å²) in [7, 11) is 0. The number of aromatic nitrogens is 2. The van der Waals surface area contributed by atoms with Crippen LogP contribution in [0.5, 0.6) is 0 Å². The number of hydrogen-bond donors (Lipinski definition) is 0. The molecule has 0 aliphatic heterocycles. The Balaban J connectivity index is 0.000000157. The maximum absolute atomic E-state index is 4.91. The van der Waals surface area contributed by atoms with E-state index in [0.717, 1.165) is 54.0 Å². The topological polar surface area (TPSA) is 25.8 Å². The molecule has 0 atom stereocenters. The number of benzene rings is 6. The quantitative estimate of drug-likeness (QED) is 0.168. The molecule has 0 unspecified atom stereocenters. The summed E-state index contributed by atoms with van der Waals surface area (Å²) in [5, 5.41) is 0. The van der Waals surface area contributed by atoms with Gasteiger partial charge in [-0.2, -0.15) is 0 Å². The average molecular weight is 773 g/mol. The molecule has 50 heavy (non-hydrogen) atoms. The number of hydrogen-bond acceptors (Lipinski definition) is 2. The van der Waals surface area contributed by atoms with Gasteiger partial charge < -0.3 is 0 Å². The monoisotopic (exact) mass is 770 g/mol. The van der Waals surface area contributed by atoms with Crippen molar-refractivity contribution < 1.29 is 0 Å². The summed E-state index contributed by atoms with van der Waals surface area (Å²) >= 11 is 7.02. The number of nitrogens with zero attached hydrogens (tertiary/aromatic N) is 2. The Hall–Kier alpha value is -5.42. The highest BCUT2D eigenvalue weighted by atomic mass is 79.9. The van der Waals surface area contributed by atoms with Crippen LogP contribution >= 0.6 is 31.9 Å². The van der Waals surface area contributed by atoms with E-state index in [-0.39, 0.29) is 0 Å². The van der Waals surface area contributed by atoms with E-state index in [1.807, 2.05) is 72.8 Å². The molecule has 2 aromatic heterocycles. The van der Waals surface area contributed by atoms with E-state index in [1.54, 1.807) is 0 Å². The molecule has 4 heteroatoms. The van der Waals surface area contributed by atoms with Crippen LogP contribution in [0.3, 0.4) is 0 Å². The number of rotatable bonds is 6. The van der Waals surface area contributed by atoms with Crippen LogP contribution in [0, 0.1) is 0 Å². The Labute approximate surface area is 310 Å². The lowest BCUT2D eigenvalue weighted by atomic mass is 10.00. The van der Waals surface area contributed by atoms with Crippen molar-refractivity contribution in [1.82, 2.24) is 9.97 Å². The van der Waals surface area contributed by atoms with Crippen molar-refractivity contribution in [3.63, 3.8) is 0 Å². The van der Waals surface area contributed by atoms with E-state index in [0.29, 0.717) is 0 Å². The van der Waals surface area contributed by atoms with E-state index in [4.69, 9.17) is 9.97 Å². The predicted octanol–water partition coefficient (Wildman–Crippen LogP) is 13.7. The van der Waals surface area contributed by atoms with E-state index in [2.05, 4.69) is 153 Å². The molecule has 2 heterocycles. The predicted molar refractivity (Wildman–Crippen MR) is 216 cm³/mol. The fourth-order valence-electron chi connectivity index (χ4n) is 5.71. The first-order chi connectivity index (χ1) is 24.6. The Bertz CT molecular complexity index is 2010. The van der Waals surface area contributed by atoms with Gasteiger partial charge in [0.25, 0.3) is 0 Å². The maximum atomic E-state index is 4.91. The molecular weight excluding hydrogens is 740 g/mol. The maximum Gasteiger partial charge on any atom is 0.0715 e. The van der Waals surface area contributed by atoms with Crippen LogP contribution in [-0.2, 0) is 0 Å². The normalized spacial score (nSPS) is 10.6. The van der Waals surface area contributed by atoms with Gasteiger partial charge in [-0.1, -0.05) is 177 Å². The van der Waals surface area contributed by atoms with Gasteiger partial charge in [-0.25, -0.2) is 9.97 Å². The summed E-state index contributed by atoms with van der Waals surface area (Å²) in [6.07, 6.45) is 0. The third-order valence-corrected chi connectivity index (χ3v) is 9.34. The SMILES string of the molecule is Brc1ccc(-c2cc(-c3ccccc3)nc(-c3ccccc3)c2)cc1.Brc1ccc(-c2cc(-c3ccccc3)nc(-c3ccccc3)c2)cc1. The molecule has 0 saturated heterocycles. The van der Waals surface area contributed by atoms with E-state index in [9.17, 15) is 0 Å². The number of halogens is 2. The molecule has 0 spiro atoms. The zero-order valence-electron chi connectivity index (χ0n) is 27.1. The summed E-state index contributed by atoms with van der Waals surface area (Å²) in [6, 6.07) is 66.7. The van der Waals surface area contributed by atoms with Gasteiger partial charge in [0.1, 0.15) is 0 Å². The highest BCUT2D eigenvalue weighted by molar-refractivity contribution is 9.10. The van der Waals surface area contributed by atoms with Crippen LogP contribution in [-0.4, -0.2) is 9.97 Å². The molecular formula is C46H32Br2N2. The van der Waals surface area contributed by atoms with Crippen LogP contribution < -0.4 is 0 Å². The van der Waals surface area contributed by atoms with Gasteiger partial charge in [0.2, 0.25) is 0 Å². The molecule has 6 aromatic carbocycles. The van der Waals surface area contributed by atoms with Crippen LogP contribution in [0.2, 0.25) is 0 Å². The Kier molecular flexibility index (Phi) is 10.5. The van der Waals surface area contributed by atoms with Crippen molar-refractivity contribution in [2.45, 2.75) is 0 Å². The zero-order valence-corrected chi connectivity index (χ0v) is 30.3. The third kappa shape index (κ3) is 8.23. The minimum Gasteiger partial charge on any atom is -0.248 e. The van der Waals surface area contributed by atoms with Crippen molar-refractivity contribution in [2.75, 3.05) is 0 Å². The zero-order chi connectivity index (χ0) is 34.1. The van der Waals surface area contributed by atoms with E-state index >= 15 is 0 Å². The van der Waals surface area contributed by atoms with E-state index < -0.39 is 0 Å². The molecule has 2 nitrogen and oxygen atoms in total. The lowest BCUT2D eigenvalue weighted by Crippen LogP contribution is -1.91. The Morgan fingerprint density at radius 1 is 0.240 bits per heavy atom. The Morgan fingerprint density at radius 3 is 0.720 bits per heavy atom. The molecule has 0 aliphatic carbocycles. The fraction of sp³-hybridized carbons (Fsp3) is 0. The lowest BCUT2D eigenvalue weighted by molar-refractivity contribution is 1.32. The second-order valence-electron chi connectivity index (χ2n) is 11.7. The molecule has 0 amide bonds. The van der Waals surface area contributed by atoms with Gasteiger partial charge in [0.15, 0.2) is 0 Å². The van der Waals surface area contributed by atoms with Crippen LogP contribution in [0.4, 0.5) is 0 Å². The number of pyridine rings is 2. The van der Waals surface area contributed by atoms with Crippen molar-refractivity contribution in [3.05, 3.63) is 203 Å². The third-order valence-electron chi connectivity index (χ3n) is 8.28. The van der Waals surface area contributed by atoms with Gasteiger partial charge >= 0.3 is 0 Å². The molecule has 8 aromatic rings.